The van der Waals surface area contributed by atoms with Crippen molar-refractivity contribution in [2.75, 3.05) is 40.5 Å². The highest BCUT2D eigenvalue weighted by Gasteiger charge is 2.11. The van der Waals surface area contributed by atoms with E-state index in [1.54, 1.807) is 14.2 Å². The van der Waals surface area contributed by atoms with E-state index in [-0.39, 0.29) is 12.9 Å². The number of hydrogen-bond donors (Lipinski definition) is 1. The zero-order chi connectivity index (χ0) is 10.8. The van der Waals surface area contributed by atoms with Crippen LogP contribution in [0.2, 0.25) is 0 Å². The minimum Gasteiger partial charge on any atom is -0.395 e. The first-order chi connectivity index (χ1) is 6.78. The molecule has 0 atom stereocenters. The topological polar surface area (TPSA) is 41.9 Å². The van der Waals surface area contributed by atoms with E-state index in [9.17, 15) is 0 Å². The molecular weight excluding hydrogens is 182 g/mol. The third-order valence-corrected chi connectivity index (χ3v) is 2.18. The normalized spacial score (nSPS) is 11.6. The smallest absolute Gasteiger partial charge is 0.169 e. The Bertz CT molecular complexity index is 118. The van der Waals surface area contributed by atoms with E-state index in [1.165, 1.54) is 0 Å². The summed E-state index contributed by atoms with van der Waals surface area (Å²) in [6, 6.07) is 0. The van der Waals surface area contributed by atoms with Gasteiger partial charge in [-0.2, -0.15) is 0 Å². The lowest BCUT2D eigenvalue weighted by molar-refractivity contribution is -0.117. The van der Waals surface area contributed by atoms with Crippen LogP contribution in [-0.4, -0.2) is 56.8 Å². The molecule has 0 aromatic heterocycles. The molecule has 0 aromatic carbocycles. The van der Waals surface area contributed by atoms with Gasteiger partial charge in [0.2, 0.25) is 0 Å². The van der Waals surface area contributed by atoms with Gasteiger partial charge in [-0.3, -0.25) is 4.90 Å². The lowest BCUT2D eigenvalue weighted by atomic mass is 10.3. The zero-order valence-corrected chi connectivity index (χ0v) is 9.53. The van der Waals surface area contributed by atoms with E-state index < -0.39 is 0 Å². The molecule has 0 fully saturated rings. The third-order valence-electron chi connectivity index (χ3n) is 2.18. The fraction of sp³-hybridized carbons (Fsp3) is 1.00. The van der Waals surface area contributed by atoms with Gasteiger partial charge in [-0.25, -0.2) is 0 Å². The van der Waals surface area contributed by atoms with Gasteiger partial charge in [-0.1, -0.05) is 13.3 Å². The van der Waals surface area contributed by atoms with Crippen LogP contribution in [0.15, 0.2) is 0 Å². The lowest BCUT2D eigenvalue weighted by Crippen LogP contribution is -2.37. The maximum Gasteiger partial charge on any atom is 0.169 e. The van der Waals surface area contributed by atoms with Crippen molar-refractivity contribution in [3.8, 4) is 0 Å². The Kier molecular flexibility index (Phi) is 9.29. The van der Waals surface area contributed by atoms with Crippen LogP contribution in [-0.2, 0) is 9.47 Å². The summed E-state index contributed by atoms with van der Waals surface area (Å²) < 4.78 is 10.2. The predicted molar refractivity (Wildman–Crippen MR) is 56.2 cm³/mol. The Morgan fingerprint density at radius 3 is 2.29 bits per heavy atom. The van der Waals surface area contributed by atoms with Crippen LogP contribution in [0.5, 0.6) is 0 Å². The highest BCUT2D eigenvalue weighted by molar-refractivity contribution is 4.59. The minimum atomic E-state index is -0.196. The summed E-state index contributed by atoms with van der Waals surface area (Å²) in [5.41, 5.74) is 0. The van der Waals surface area contributed by atoms with Crippen molar-refractivity contribution in [3.05, 3.63) is 0 Å². The molecule has 4 nitrogen and oxygen atoms in total. The monoisotopic (exact) mass is 205 g/mol. The van der Waals surface area contributed by atoms with E-state index in [4.69, 9.17) is 14.6 Å². The molecular formula is C10H23NO3. The van der Waals surface area contributed by atoms with Gasteiger partial charge in [0.1, 0.15) is 0 Å². The van der Waals surface area contributed by atoms with Gasteiger partial charge in [0.15, 0.2) is 6.29 Å². The summed E-state index contributed by atoms with van der Waals surface area (Å²) in [6.45, 7) is 4.72. The molecule has 0 rings (SSSR count). The third kappa shape index (κ3) is 6.32. The van der Waals surface area contributed by atoms with Crippen LogP contribution in [0.1, 0.15) is 19.8 Å². The van der Waals surface area contributed by atoms with Crippen LogP contribution in [0, 0.1) is 0 Å². The molecule has 0 aliphatic carbocycles. The number of rotatable bonds is 9. The quantitative estimate of drug-likeness (QED) is 0.563. The van der Waals surface area contributed by atoms with Crippen molar-refractivity contribution in [1.82, 2.24) is 4.90 Å². The summed E-state index contributed by atoms with van der Waals surface area (Å²) in [6.07, 6.45) is 2.10. The summed E-state index contributed by atoms with van der Waals surface area (Å²) in [4.78, 5) is 2.15. The van der Waals surface area contributed by atoms with Crippen molar-refractivity contribution < 1.29 is 14.6 Å². The van der Waals surface area contributed by atoms with Crippen molar-refractivity contribution >= 4 is 0 Å². The van der Waals surface area contributed by atoms with Crippen molar-refractivity contribution in [1.29, 1.82) is 0 Å². The van der Waals surface area contributed by atoms with Crippen LogP contribution in [0.25, 0.3) is 0 Å². The molecule has 14 heavy (non-hydrogen) atoms. The predicted octanol–water partition coefficient (Wildman–Crippen LogP) is 0.700. The van der Waals surface area contributed by atoms with E-state index in [0.29, 0.717) is 13.1 Å². The average molecular weight is 205 g/mol. The van der Waals surface area contributed by atoms with Crippen LogP contribution < -0.4 is 0 Å². The maximum absolute atomic E-state index is 8.87. The van der Waals surface area contributed by atoms with Gasteiger partial charge >= 0.3 is 0 Å². The summed E-state index contributed by atoms with van der Waals surface area (Å²) >= 11 is 0. The highest BCUT2D eigenvalue weighted by Crippen LogP contribution is 1.99. The fourth-order valence-electron chi connectivity index (χ4n) is 1.27. The lowest BCUT2D eigenvalue weighted by Gasteiger charge is -2.25. The van der Waals surface area contributed by atoms with Gasteiger partial charge < -0.3 is 14.6 Å². The Labute approximate surface area is 86.8 Å². The summed E-state index contributed by atoms with van der Waals surface area (Å²) in [7, 11) is 3.26. The average Bonchev–Trinajstić information content (AvgIpc) is 2.22. The minimum absolute atomic E-state index is 0.184. The van der Waals surface area contributed by atoms with Gasteiger partial charge in [-0.05, 0) is 13.0 Å². The highest BCUT2D eigenvalue weighted by atomic mass is 16.7. The van der Waals surface area contributed by atoms with Crippen LogP contribution in [0.3, 0.4) is 0 Å². The second kappa shape index (κ2) is 9.40. The largest absolute Gasteiger partial charge is 0.395 e. The molecule has 86 valence electrons. The molecule has 0 saturated heterocycles. The molecule has 0 saturated carbocycles. The number of aliphatic hydroxyl groups excluding tert-OH is 1. The Hall–Kier alpha value is -0.160. The van der Waals surface area contributed by atoms with Gasteiger partial charge in [0.25, 0.3) is 0 Å². The standard InChI is InChI=1S/C10H23NO3/c1-4-5-6-11(7-8-12)9-10(13-2)14-3/h10,12H,4-9H2,1-3H3. The first-order valence-corrected chi connectivity index (χ1v) is 5.17. The maximum atomic E-state index is 8.87. The molecule has 0 heterocycles. The Balaban J connectivity index is 3.80. The fourth-order valence-corrected chi connectivity index (χ4v) is 1.27. The van der Waals surface area contributed by atoms with Gasteiger partial charge in [0, 0.05) is 27.3 Å². The molecule has 4 heteroatoms. The summed E-state index contributed by atoms with van der Waals surface area (Å²) in [5.74, 6) is 0. The summed E-state index contributed by atoms with van der Waals surface area (Å²) in [5, 5.41) is 8.87. The molecule has 0 amide bonds. The van der Waals surface area contributed by atoms with E-state index in [0.717, 1.165) is 19.4 Å². The molecule has 0 unspecified atom stereocenters. The van der Waals surface area contributed by atoms with E-state index >= 15 is 0 Å². The molecule has 0 aliphatic heterocycles. The number of methoxy groups -OCH3 is 2. The van der Waals surface area contributed by atoms with E-state index in [2.05, 4.69) is 11.8 Å². The van der Waals surface area contributed by atoms with Gasteiger partial charge in [0.05, 0.1) is 6.61 Å². The number of nitrogens with zero attached hydrogens (tertiary/aromatic N) is 1. The van der Waals surface area contributed by atoms with Gasteiger partial charge in [-0.15, -0.1) is 0 Å². The van der Waals surface area contributed by atoms with Crippen molar-refractivity contribution in [3.63, 3.8) is 0 Å². The first-order valence-electron chi connectivity index (χ1n) is 5.17. The number of unbranched alkanes of at least 4 members (excludes halogenated alkanes) is 1. The van der Waals surface area contributed by atoms with Crippen LogP contribution in [0.4, 0.5) is 0 Å². The Morgan fingerprint density at radius 2 is 1.86 bits per heavy atom. The zero-order valence-electron chi connectivity index (χ0n) is 9.53. The SMILES string of the molecule is CCCCN(CCO)CC(OC)OC. The van der Waals surface area contributed by atoms with E-state index in [1.807, 2.05) is 0 Å². The second-order valence-corrected chi connectivity index (χ2v) is 3.28. The molecule has 0 aliphatic rings. The molecule has 0 bridgehead atoms. The number of aliphatic hydroxyl groups is 1. The molecule has 0 radical (unpaired) electrons. The first kappa shape index (κ1) is 13.8. The second-order valence-electron chi connectivity index (χ2n) is 3.28. The van der Waals surface area contributed by atoms with Crippen molar-refractivity contribution in [2.24, 2.45) is 0 Å². The molecule has 1 N–H and O–H groups in total. The molecule has 0 spiro atoms. The number of hydrogen-bond acceptors (Lipinski definition) is 4. The number of ether oxygens (including phenoxy) is 2. The molecule has 0 aromatic rings. The van der Waals surface area contributed by atoms with Crippen LogP contribution >= 0.6 is 0 Å². The van der Waals surface area contributed by atoms with Crippen molar-refractivity contribution in [2.45, 2.75) is 26.1 Å². The Morgan fingerprint density at radius 1 is 1.21 bits per heavy atom.